The van der Waals surface area contributed by atoms with Crippen molar-refractivity contribution in [2.45, 2.75) is 26.3 Å². The predicted molar refractivity (Wildman–Crippen MR) is 103 cm³/mol. The van der Waals surface area contributed by atoms with Crippen molar-refractivity contribution in [1.29, 1.82) is 0 Å². The minimum absolute atomic E-state index is 0.0861. The van der Waals surface area contributed by atoms with Gasteiger partial charge in [0.15, 0.2) is 23.1 Å². The zero-order chi connectivity index (χ0) is 20.3. The van der Waals surface area contributed by atoms with Crippen molar-refractivity contribution in [1.82, 2.24) is 4.57 Å². The van der Waals surface area contributed by atoms with Crippen LogP contribution in [0.15, 0.2) is 36.4 Å². The maximum absolute atomic E-state index is 12.5. The van der Waals surface area contributed by atoms with Crippen LogP contribution < -0.4 is 4.74 Å². The lowest BCUT2D eigenvalue weighted by molar-refractivity contribution is -0.144. The molecule has 3 rings (SSSR count). The van der Waals surface area contributed by atoms with Crippen LogP contribution >= 0.6 is 0 Å². The van der Waals surface area contributed by atoms with Crippen LogP contribution in [0.5, 0.6) is 5.75 Å². The van der Waals surface area contributed by atoms with Crippen molar-refractivity contribution in [2.24, 2.45) is 0 Å². The molecular formula is C20H23NO6S. The van der Waals surface area contributed by atoms with Crippen LogP contribution in [-0.4, -0.2) is 49.5 Å². The summed E-state index contributed by atoms with van der Waals surface area (Å²) in [6.07, 6.45) is 0.540. The number of para-hydroxylation sites is 1. The summed E-state index contributed by atoms with van der Waals surface area (Å²) in [5.41, 5.74) is 1.96. The first-order valence-electron chi connectivity index (χ1n) is 9.02. The third kappa shape index (κ3) is 4.62. The first-order valence-corrected chi connectivity index (χ1v) is 10.8. The van der Waals surface area contributed by atoms with Gasteiger partial charge >= 0.3 is 5.97 Å². The van der Waals surface area contributed by atoms with Gasteiger partial charge in [0.1, 0.15) is 5.75 Å². The fourth-order valence-electron chi connectivity index (χ4n) is 3.52. The van der Waals surface area contributed by atoms with Crippen LogP contribution in [0.1, 0.15) is 34.2 Å². The standard InChI is InChI=1S/C20H23NO6S/c1-14-10-18(15(2)21(14)16-8-9-28(24,25)13-16)19(22)11-27-20(23)12-26-17-6-4-3-5-7-17/h3-7,10,16H,8-9,11-13H2,1-2H3/t16-/m0/s1. The van der Waals surface area contributed by atoms with E-state index in [1.807, 2.05) is 17.6 Å². The average molecular weight is 405 g/mol. The fraction of sp³-hybridized carbons (Fsp3) is 0.400. The molecule has 0 saturated carbocycles. The maximum Gasteiger partial charge on any atom is 0.344 e. The Morgan fingerprint density at radius 2 is 1.86 bits per heavy atom. The molecule has 8 heteroatoms. The number of carbonyl (C=O) groups is 2. The molecule has 1 aliphatic heterocycles. The van der Waals surface area contributed by atoms with Crippen molar-refractivity contribution in [3.8, 4) is 5.75 Å². The number of nitrogens with zero attached hydrogens (tertiary/aromatic N) is 1. The number of hydrogen-bond acceptors (Lipinski definition) is 6. The van der Waals surface area contributed by atoms with Gasteiger partial charge in [-0.25, -0.2) is 13.2 Å². The summed E-state index contributed by atoms with van der Waals surface area (Å²) in [5, 5.41) is 0. The zero-order valence-electron chi connectivity index (χ0n) is 15.9. The van der Waals surface area contributed by atoms with Gasteiger partial charge in [0.2, 0.25) is 5.78 Å². The number of ether oxygens (including phenoxy) is 2. The van der Waals surface area contributed by atoms with Crippen molar-refractivity contribution < 1.29 is 27.5 Å². The topological polar surface area (TPSA) is 91.7 Å². The highest BCUT2D eigenvalue weighted by Crippen LogP contribution is 2.29. The number of Topliss-reactive ketones (excluding diaryl/α,β-unsaturated/α-hetero) is 1. The molecule has 0 amide bonds. The van der Waals surface area contributed by atoms with Gasteiger partial charge in [-0.3, -0.25) is 4.79 Å². The van der Waals surface area contributed by atoms with Gasteiger partial charge in [-0.05, 0) is 38.5 Å². The molecule has 1 aromatic heterocycles. The monoisotopic (exact) mass is 405 g/mol. The molecule has 7 nitrogen and oxygen atoms in total. The van der Waals surface area contributed by atoms with Crippen LogP contribution in [-0.2, 0) is 19.4 Å². The summed E-state index contributed by atoms with van der Waals surface area (Å²) in [5.74, 6) is -0.165. The van der Waals surface area contributed by atoms with Gasteiger partial charge in [-0.2, -0.15) is 0 Å². The summed E-state index contributed by atoms with van der Waals surface area (Å²) in [4.78, 5) is 24.3. The van der Waals surface area contributed by atoms with E-state index in [-0.39, 0.29) is 36.5 Å². The smallest absolute Gasteiger partial charge is 0.344 e. The van der Waals surface area contributed by atoms with Crippen LogP contribution in [0.2, 0.25) is 0 Å². The summed E-state index contributed by atoms with van der Waals surface area (Å²) in [7, 11) is -3.03. The molecule has 1 aliphatic rings. The second kappa shape index (κ2) is 8.18. The van der Waals surface area contributed by atoms with Crippen LogP contribution in [0.4, 0.5) is 0 Å². The number of sulfone groups is 1. The Hall–Kier alpha value is -2.61. The number of aromatic nitrogens is 1. The maximum atomic E-state index is 12.5. The Balaban J connectivity index is 1.59. The van der Waals surface area contributed by atoms with Gasteiger partial charge in [-0.1, -0.05) is 18.2 Å². The molecule has 0 aliphatic carbocycles. The van der Waals surface area contributed by atoms with E-state index in [0.29, 0.717) is 23.4 Å². The van der Waals surface area contributed by atoms with E-state index in [2.05, 4.69) is 0 Å². The van der Waals surface area contributed by atoms with E-state index in [4.69, 9.17) is 9.47 Å². The van der Waals surface area contributed by atoms with E-state index in [9.17, 15) is 18.0 Å². The van der Waals surface area contributed by atoms with Crippen molar-refractivity contribution in [3.63, 3.8) is 0 Å². The molecule has 150 valence electrons. The summed E-state index contributed by atoms with van der Waals surface area (Å²) < 4.78 is 35.8. The molecule has 0 N–H and O–H groups in total. The molecule has 0 radical (unpaired) electrons. The van der Waals surface area contributed by atoms with Gasteiger partial charge in [0, 0.05) is 23.0 Å². The van der Waals surface area contributed by atoms with Gasteiger partial charge < -0.3 is 14.0 Å². The van der Waals surface area contributed by atoms with Crippen molar-refractivity contribution in [2.75, 3.05) is 24.7 Å². The highest BCUT2D eigenvalue weighted by Gasteiger charge is 2.31. The number of benzene rings is 1. The normalized spacial score (nSPS) is 18.0. The second-order valence-electron chi connectivity index (χ2n) is 6.90. The Kier molecular flexibility index (Phi) is 5.88. The first kappa shape index (κ1) is 20.1. The van der Waals surface area contributed by atoms with Crippen LogP contribution in [0.25, 0.3) is 0 Å². The van der Waals surface area contributed by atoms with E-state index in [1.165, 1.54) is 0 Å². The number of esters is 1. The number of rotatable bonds is 7. The summed E-state index contributed by atoms with van der Waals surface area (Å²) in [6, 6.07) is 10.4. The molecule has 1 aromatic carbocycles. The minimum Gasteiger partial charge on any atom is -0.482 e. The van der Waals surface area contributed by atoms with Crippen LogP contribution in [0, 0.1) is 13.8 Å². The van der Waals surface area contributed by atoms with E-state index >= 15 is 0 Å². The summed E-state index contributed by atoms with van der Waals surface area (Å²) >= 11 is 0. The van der Waals surface area contributed by atoms with E-state index < -0.39 is 15.8 Å². The van der Waals surface area contributed by atoms with Crippen molar-refractivity contribution >= 4 is 21.6 Å². The van der Waals surface area contributed by atoms with Crippen LogP contribution in [0.3, 0.4) is 0 Å². The van der Waals surface area contributed by atoms with E-state index in [0.717, 1.165) is 5.69 Å². The molecule has 0 unspecified atom stereocenters. The van der Waals surface area contributed by atoms with Gasteiger partial charge in [-0.15, -0.1) is 0 Å². The molecule has 1 atom stereocenters. The third-order valence-electron chi connectivity index (χ3n) is 4.82. The number of ketones is 1. The Morgan fingerprint density at radius 1 is 1.14 bits per heavy atom. The minimum atomic E-state index is -3.03. The molecule has 1 saturated heterocycles. The largest absolute Gasteiger partial charge is 0.482 e. The van der Waals surface area contributed by atoms with Crippen molar-refractivity contribution in [3.05, 3.63) is 53.3 Å². The van der Waals surface area contributed by atoms with Gasteiger partial charge in [0.25, 0.3) is 0 Å². The lowest BCUT2D eigenvalue weighted by Crippen LogP contribution is -2.20. The number of aryl methyl sites for hydroxylation is 1. The quantitative estimate of drug-likeness (QED) is 0.518. The highest BCUT2D eigenvalue weighted by atomic mass is 32.2. The predicted octanol–water partition coefficient (Wildman–Crippen LogP) is 2.27. The molecule has 0 spiro atoms. The Labute approximate surface area is 164 Å². The number of carbonyl (C=O) groups excluding carboxylic acids is 2. The molecule has 0 bridgehead atoms. The summed E-state index contributed by atoms with van der Waals surface area (Å²) in [6.45, 7) is 2.96. The number of hydrogen-bond donors (Lipinski definition) is 0. The molecule has 2 aromatic rings. The molecule has 28 heavy (non-hydrogen) atoms. The lowest BCUT2D eigenvalue weighted by atomic mass is 10.1. The fourth-order valence-corrected chi connectivity index (χ4v) is 5.22. The Morgan fingerprint density at radius 3 is 2.50 bits per heavy atom. The molecule has 1 fully saturated rings. The molecule has 2 heterocycles. The second-order valence-corrected chi connectivity index (χ2v) is 9.13. The average Bonchev–Trinajstić information content (AvgIpc) is 3.16. The third-order valence-corrected chi connectivity index (χ3v) is 6.57. The van der Waals surface area contributed by atoms with E-state index in [1.54, 1.807) is 37.3 Å². The zero-order valence-corrected chi connectivity index (χ0v) is 16.7. The lowest BCUT2D eigenvalue weighted by Gasteiger charge is -2.16. The highest BCUT2D eigenvalue weighted by molar-refractivity contribution is 7.91. The molecular weight excluding hydrogens is 382 g/mol. The first-order chi connectivity index (χ1) is 13.3. The SMILES string of the molecule is Cc1cc(C(=O)COC(=O)COc2ccccc2)c(C)n1[C@H]1CCS(=O)(=O)C1. The van der Waals surface area contributed by atoms with Gasteiger partial charge in [0.05, 0.1) is 11.5 Å². The Bertz CT molecular complexity index is 978.